The van der Waals surface area contributed by atoms with Crippen molar-refractivity contribution in [2.45, 2.75) is 0 Å². The van der Waals surface area contributed by atoms with Crippen LogP contribution >= 0.6 is 11.6 Å². The summed E-state index contributed by atoms with van der Waals surface area (Å²) in [6.07, 6.45) is 0. The van der Waals surface area contributed by atoms with Gasteiger partial charge in [0.1, 0.15) is 11.2 Å². The van der Waals surface area contributed by atoms with Gasteiger partial charge in [-0.05, 0) is 65.7 Å². The van der Waals surface area contributed by atoms with E-state index < -0.39 is 0 Å². The van der Waals surface area contributed by atoms with Crippen molar-refractivity contribution in [3.05, 3.63) is 126 Å². The highest BCUT2D eigenvalue weighted by Crippen LogP contribution is 2.42. The van der Waals surface area contributed by atoms with Gasteiger partial charge < -0.3 is 9.32 Å². The van der Waals surface area contributed by atoms with E-state index in [4.69, 9.17) is 16.0 Å². The van der Waals surface area contributed by atoms with E-state index in [1.165, 1.54) is 0 Å². The molecule has 0 unspecified atom stereocenters. The topological polar surface area (TPSA) is 16.4 Å². The number of halogens is 1. The summed E-state index contributed by atoms with van der Waals surface area (Å²) in [5.74, 6) is 0. The van der Waals surface area contributed by atoms with Crippen LogP contribution in [0, 0.1) is 0 Å². The molecule has 33 heavy (non-hydrogen) atoms. The van der Waals surface area contributed by atoms with Crippen LogP contribution in [0.15, 0.2) is 126 Å². The fourth-order valence-corrected chi connectivity index (χ4v) is 4.61. The molecule has 0 radical (unpaired) electrons. The average Bonchev–Trinajstić information content (AvgIpc) is 3.25. The molecule has 6 aromatic rings. The van der Waals surface area contributed by atoms with Crippen LogP contribution in [0.2, 0.25) is 5.02 Å². The van der Waals surface area contributed by atoms with Crippen LogP contribution in [0.4, 0.5) is 17.1 Å². The molecule has 3 heteroatoms. The van der Waals surface area contributed by atoms with Crippen molar-refractivity contribution in [1.82, 2.24) is 0 Å². The average molecular weight is 446 g/mol. The normalized spacial score (nSPS) is 11.2. The van der Waals surface area contributed by atoms with Crippen LogP contribution in [0.1, 0.15) is 0 Å². The number of hydrogen-bond donors (Lipinski definition) is 0. The van der Waals surface area contributed by atoms with E-state index in [0.29, 0.717) is 0 Å². The van der Waals surface area contributed by atoms with E-state index in [9.17, 15) is 0 Å². The first-order valence-electron chi connectivity index (χ1n) is 10.9. The summed E-state index contributed by atoms with van der Waals surface area (Å²) in [6.45, 7) is 0. The van der Waals surface area contributed by atoms with Crippen LogP contribution in [0.3, 0.4) is 0 Å². The van der Waals surface area contributed by atoms with E-state index in [2.05, 4.69) is 83.8 Å². The Balaban J connectivity index is 1.55. The molecule has 0 fully saturated rings. The molecule has 0 aliphatic carbocycles. The van der Waals surface area contributed by atoms with Gasteiger partial charge in [0, 0.05) is 21.8 Å². The molecule has 1 aromatic heterocycles. The molecule has 1 heterocycles. The number of nitrogens with zero attached hydrogens (tertiary/aromatic N) is 1. The lowest BCUT2D eigenvalue weighted by molar-refractivity contribution is 0.669. The minimum atomic E-state index is 0.737. The van der Waals surface area contributed by atoms with Gasteiger partial charge in [0.2, 0.25) is 0 Å². The predicted molar refractivity (Wildman–Crippen MR) is 139 cm³/mol. The monoisotopic (exact) mass is 445 g/mol. The Labute approximate surface area is 197 Å². The number of rotatable bonds is 4. The van der Waals surface area contributed by atoms with Crippen LogP contribution in [-0.2, 0) is 0 Å². The maximum Gasteiger partial charge on any atom is 0.137 e. The van der Waals surface area contributed by atoms with Crippen LogP contribution in [0.5, 0.6) is 0 Å². The van der Waals surface area contributed by atoms with Gasteiger partial charge in [-0.15, -0.1) is 0 Å². The second kappa shape index (κ2) is 8.16. The van der Waals surface area contributed by atoms with Crippen molar-refractivity contribution in [1.29, 1.82) is 0 Å². The molecule has 0 N–H and O–H groups in total. The fraction of sp³-hybridized carbons (Fsp3) is 0. The second-order valence-electron chi connectivity index (χ2n) is 7.98. The summed E-state index contributed by atoms with van der Waals surface area (Å²) in [5.41, 5.74) is 7.24. The molecular formula is C30H20ClNO. The minimum absolute atomic E-state index is 0.737. The van der Waals surface area contributed by atoms with Gasteiger partial charge in [0.05, 0.1) is 11.1 Å². The zero-order valence-electron chi connectivity index (χ0n) is 17.8. The van der Waals surface area contributed by atoms with Crippen LogP contribution in [0.25, 0.3) is 33.1 Å². The third-order valence-electron chi connectivity index (χ3n) is 5.92. The quantitative estimate of drug-likeness (QED) is 0.268. The Bertz CT molecular complexity index is 1570. The third kappa shape index (κ3) is 3.55. The zero-order chi connectivity index (χ0) is 22.2. The fourth-order valence-electron chi connectivity index (χ4n) is 4.42. The summed E-state index contributed by atoms with van der Waals surface area (Å²) in [4.78, 5) is 2.28. The second-order valence-corrected chi connectivity index (χ2v) is 8.41. The standard InChI is InChI=1S/C30H20ClNO/c31-23-9-6-8-22(20-23)21-16-18-25(19-17-21)32(24-10-2-1-3-11-24)27-13-7-15-29-30(27)26-12-4-5-14-28(26)33-29/h1-20H. The van der Waals surface area contributed by atoms with E-state index in [1.807, 2.05) is 42.5 Å². The highest BCUT2D eigenvalue weighted by Gasteiger charge is 2.18. The molecule has 0 saturated heterocycles. The predicted octanol–water partition coefficient (Wildman–Crippen LogP) is 9.38. The van der Waals surface area contributed by atoms with E-state index >= 15 is 0 Å². The highest BCUT2D eigenvalue weighted by atomic mass is 35.5. The molecular weight excluding hydrogens is 426 g/mol. The third-order valence-corrected chi connectivity index (χ3v) is 6.15. The number of fused-ring (bicyclic) bond motifs is 3. The van der Waals surface area contributed by atoms with Gasteiger partial charge in [-0.2, -0.15) is 0 Å². The Hall–Kier alpha value is -4.01. The Morgan fingerprint density at radius 2 is 1.24 bits per heavy atom. The maximum absolute atomic E-state index is 6.21. The molecule has 0 aliphatic rings. The lowest BCUT2D eigenvalue weighted by Gasteiger charge is -2.26. The Morgan fingerprint density at radius 1 is 0.545 bits per heavy atom. The van der Waals surface area contributed by atoms with Crippen molar-refractivity contribution in [3.8, 4) is 11.1 Å². The molecule has 5 aromatic carbocycles. The summed E-state index contributed by atoms with van der Waals surface area (Å²) < 4.78 is 6.16. The van der Waals surface area contributed by atoms with Gasteiger partial charge in [-0.3, -0.25) is 0 Å². The lowest BCUT2D eigenvalue weighted by Crippen LogP contribution is -2.10. The molecule has 0 amide bonds. The van der Waals surface area contributed by atoms with Crippen molar-refractivity contribution in [2.24, 2.45) is 0 Å². The van der Waals surface area contributed by atoms with Gasteiger partial charge in [-0.25, -0.2) is 0 Å². The van der Waals surface area contributed by atoms with Crippen molar-refractivity contribution < 1.29 is 4.42 Å². The summed E-state index contributed by atoms with van der Waals surface area (Å²) in [5, 5.41) is 2.96. The lowest BCUT2D eigenvalue weighted by atomic mass is 10.0. The Kier molecular flexibility index (Phi) is 4.86. The van der Waals surface area contributed by atoms with Crippen LogP contribution < -0.4 is 4.90 Å². The number of hydrogen-bond acceptors (Lipinski definition) is 2. The number of furan rings is 1. The highest BCUT2D eigenvalue weighted by molar-refractivity contribution is 6.30. The first-order chi connectivity index (χ1) is 16.3. The smallest absolute Gasteiger partial charge is 0.137 e. The first-order valence-corrected chi connectivity index (χ1v) is 11.3. The molecule has 6 rings (SSSR count). The van der Waals surface area contributed by atoms with Crippen molar-refractivity contribution >= 4 is 50.6 Å². The molecule has 0 saturated carbocycles. The van der Waals surface area contributed by atoms with Crippen molar-refractivity contribution in [2.75, 3.05) is 4.90 Å². The minimum Gasteiger partial charge on any atom is -0.456 e. The van der Waals surface area contributed by atoms with Gasteiger partial charge in [0.25, 0.3) is 0 Å². The van der Waals surface area contributed by atoms with Gasteiger partial charge in [-0.1, -0.05) is 78.3 Å². The number of anilines is 3. The molecule has 0 aliphatic heterocycles. The summed E-state index contributed by atoms with van der Waals surface area (Å²) in [6, 6.07) is 41.4. The van der Waals surface area contributed by atoms with E-state index in [-0.39, 0.29) is 0 Å². The first kappa shape index (κ1) is 19.7. The van der Waals surface area contributed by atoms with E-state index in [0.717, 1.165) is 55.2 Å². The van der Waals surface area contributed by atoms with Crippen molar-refractivity contribution in [3.63, 3.8) is 0 Å². The summed E-state index contributed by atoms with van der Waals surface area (Å²) in [7, 11) is 0. The largest absolute Gasteiger partial charge is 0.456 e. The zero-order valence-corrected chi connectivity index (χ0v) is 18.5. The molecule has 0 atom stereocenters. The molecule has 0 bridgehead atoms. The maximum atomic E-state index is 6.21. The van der Waals surface area contributed by atoms with Gasteiger partial charge >= 0.3 is 0 Å². The SMILES string of the molecule is Clc1cccc(-c2ccc(N(c3ccccc3)c3cccc4oc5ccccc5c34)cc2)c1. The summed E-state index contributed by atoms with van der Waals surface area (Å²) >= 11 is 6.21. The molecule has 0 spiro atoms. The molecule has 2 nitrogen and oxygen atoms in total. The van der Waals surface area contributed by atoms with Gasteiger partial charge in [0.15, 0.2) is 0 Å². The Morgan fingerprint density at radius 3 is 2.06 bits per heavy atom. The number of benzene rings is 5. The number of para-hydroxylation sites is 2. The van der Waals surface area contributed by atoms with Crippen LogP contribution in [-0.4, -0.2) is 0 Å². The van der Waals surface area contributed by atoms with E-state index in [1.54, 1.807) is 0 Å². The molecule has 158 valence electrons.